The molecule has 0 radical (unpaired) electrons. The second-order valence-electron chi connectivity index (χ2n) is 7.49. The van der Waals surface area contributed by atoms with Gasteiger partial charge in [0.2, 0.25) is 0 Å². The van der Waals surface area contributed by atoms with Gasteiger partial charge in [0, 0.05) is 11.4 Å². The van der Waals surface area contributed by atoms with Crippen LogP contribution in [0.25, 0.3) is 0 Å². The Hall–Kier alpha value is -4.45. The van der Waals surface area contributed by atoms with Crippen molar-refractivity contribution >= 4 is 51.2 Å². The summed E-state index contributed by atoms with van der Waals surface area (Å²) in [5.41, 5.74) is 3.45. The molecule has 0 aromatic heterocycles. The first kappa shape index (κ1) is 28.1. The highest BCUT2D eigenvalue weighted by atomic mass is 79.9. The van der Waals surface area contributed by atoms with Crippen LogP contribution in [0.1, 0.15) is 12.5 Å². The number of nitrogens with one attached hydrogen (secondary N) is 3. The quantitative estimate of drug-likeness (QED) is 0.186. The second-order valence-corrected chi connectivity index (χ2v) is 8.34. The fraction of sp³-hybridized carbons (Fsp3) is 0.154. The van der Waals surface area contributed by atoms with Gasteiger partial charge in [-0.15, -0.1) is 0 Å². The van der Waals surface area contributed by atoms with E-state index in [0.717, 1.165) is 12.1 Å². The third kappa shape index (κ3) is 8.30. The minimum Gasteiger partial charge on any atom is -0.494 e. The first-order chi connectivity index (χ1) is 18.3. The van der Waals surface area contributed by atoms with Crippen LogP contribution in [0.15, 0.2) is 70.2 Å². The molecule has 10 nitrogen and oxygen atoms in total. The lowest BCUT2D eigenvalue weighted by atomic mass is 10.2. The Kier molecular flexibility index (Phi) is 10.2. The third-order valence-electron chi connectivity index (χ3n) is 4.74. The number of methoxy groups -OCH3 is 1. The largest absolute Gasteiger partial charge is 0.494 e. The summed E-state index contributed by atoms with van der Waals surface area (Å²) in [7, 11) is 1.43. The third-order valence-corrected chi connectivity index (χ3v) is 5.33. The fourth-order valence-corrected chi connectivity index (χ4v) is 3.60. The summed E-state index contributed by atoms with van der Waals surface area (Å²) < 4.78 is 29.8. The number of carbonyl (C=O) groups is 3. The summed E-state index contributed by atoms with van der Waals surface area (Å²) in [5, 5.41) is 8.82. The molecule has 0 bridgehead atoms. The van der Waals surface area contributed by atoms with E-state index in [1.807, 2.05) is 6.92 Å². The van der Waals surface area contributed by atoms with E-state index >= 15 is 0 Å². The molecule has 0 heterocycles. The van der Waals surface area contributed by atoms with Crippen molar-refractivity contribution in [1.82, 2.24) is 5.43 Å². The van der Waals surface area contributed by atoms with Gasteiger partial charge in [0.1, 0.15) is 11.6 Å². The van der Waals surface area contributed by atoms with Gasteiger partial charge >= 0.3 is 11.8 Å². The summed E-state index contributed by atoms with van der Waals surface area (Å²) in [4.78, 5) is 36.2. The summed E-state index contributed by atoms with van der Waals surface area (Å²) in [6.45, 7) is 2.15. The highest BCUT2D eigenvalue weighted by Gasteiger charge is 2.15. The molecule has 0 fully saturated rings. The van der Waals surface area contributed by atoms with Crippen LogP contribution in [0.4, 0.5) is 15.8 Å². The molecule has 198 valence electrons. The van der Waals surface area contributed by atoms with Crippen LogP contribution in [-0.4, -0.2) is 44.3 Å². The first-order valence-corrected chi connectivity index (χ1v) is 12.0. The van der Waals surface area contributed by atoms with E-state index in [0.29, 0.717) is 33.8 Å². The Labute approximate surface area is 226 Å². The average molecular weight is 587 g/mol. The molecular formula is C26H24BrFN4O6. The Balaban J connectivity index is 1.55. The molecule has 38 heavy (non-hydrogen) atoms. The highest BCUT2D eigenvalue weighted by molar-refractivity contribution is 9.10. The molecule has 12 heteroatoms. The number of ether oxygens (including phenoxy) is 3. The molecule has 3 amide bonds. The van der Waals surface area contributed by atoms with Gasteiger partial charge < -0.3 is 24.8 Å². The van der Waals surface area contributed by atoms with E-state index < -0.39 is 17.6 Å². The number of carbonyl (C=O) groups excluding carboxylic acids is 3. The maximum Gasteiger partial charge on any atom is 0.329 e. The molecule has 0 saturated heterocycles. The fourth-order valence-electron chi connectivity index (χ4n) is 3.03. The van der Waals surface area contributed by atoms with Gasteiger partial charge in [0.25, 0.3) is 5.91 Å². The molecular weight excluding hydrogens is 563 g/mol. The lowest BCUT2D eigenvalue weighted by Gasteiger charge is -2.13. The number of anilines is 2. The van der Waals surface area contributed by atoms with Crippen LogP contribution >= 0.6 is 15.9 Å². The minimum atomic E-state index is -1.02. The van der Waals surface area contributed by atoms with E-state index in [4.69, 9.17) is 14.2 Å². The Morgan fingerprint density at radius 1 is 0.947 bits per heavy atom. The number of rotatable bonds is 10. The number of hydrazone groups is 1. The molecule has 0 spiro atoms. The van der Waals surface area contributed by atoms with Crippen LogP contribution in [0, 0.1) is 5.82 Å². The van der Waals surface area contributed by atoms with Crippen molar-refractivity contribution in [2.24, 2.45) is 5.10 Å². The molecule has 3 aromatic rings. The number of benzene rings is 3. The Bertz CT molecular complexity index is 1320. The van der Waals surface area contributed by atoms with Gasteiger partial charge in [-0.2, -0.15) is 5.10 Å². The topological polar surface area (TPSA) is 127 Å². The number of hydrogen-bond donors (Lipinski definition) is 3. The summed E-state index contributed by atoms with van der Waals surface area (Å²) in [5.74, 6) is -1.55. The average Bonchev–Trinajstić information content (AvgIpc) is 2.90. The number of amides is 3. The van der Waals surface area contributed by atoms with E-state index in [2.05, 4.69) is 37.1 Å². The van der Waals surface area contributed by atoms with E-state index in [-0.39, 0.29) is 24.0 Å². The second kappa shape index (κ2) is 13.7. The van der Waals surface area contributed by atoms with Crippen molar-refractivity contribution in [3.8, 4) is 17.2 Å². The molecule has 0 atom stereocenters. The Morgan fingerprint density at radius 2 is 1.61 bits per heavy atom. The number of nitrogens with zero attached hydrogens (tertiary/aromatic N) is 1. The van der Waals surface area contributed by atoms with Gasteiger partial charge in [-0.25, -0.2) is 9.82 Å². The molecule has 0 saturated carbocycles. The summed E-state index contributed by atoms with van der Waals surface area (Å²) in [6.07, 6.45) is 1.29. The van der Waals surface area contributed by atoms with Crippen molar-refractivity contribution in [2.75, 3.05) is 31.0 Å². The van der Waals surface area contributed by atoms with Gasteiger partial charge in [0.05, 0.1) is 24.4 Å². The normalized spacial score (nSPS) is 10.5. The summed E-state index contributed by atoms with van der Waals surface area (Å²) >= 11 is 3.37. The zero-order chi connectivity index (χ0) is 27.5. The van der Waals surface area contributed by atoms with Gasteiger partial charge in [0.15, 0.2) is 18.1 Å². The summed E-state index contributed by atoms with van der Waals surface area (Å²) in [6, 6.07) is 15.1. The van der Waals surface area contributed by atoms with Crippen molar-refractivity contribution in [3.05, 3.63) is 76.5 Å². The van der Waals surface area contributed by atoms with E-state index in [9.17, 15) is 18.8 Å². The maximum absolute atomic E-state index is 13.0. The van der Waals surface area contributed by atoms with Crippen molar-refractivity contribution in [3.63, 3.8) is 0 Å². The van der Waals surface area contributed by atoms with Crippen molar-refractivity contribution < 1.29 is 33.0 Å². The molecule has 0 unspecified atom stereocenters. The van der Waals surface area contributed by atoms with Gasteiger partial charge in [-0.1, -0.05) is 0 Å². The molecule has 3 N–H and O–H groups in total. The molecule has 0 aliphatic carbocycles. The predicted octanol–water partition coefficient (Wildman–Crippen LogP) is 4.10. The smallest absolute Gasteiger partial charge is 0.329 e. The van der Waals surface area contributed by atoms with Crippen LogP contribution < -0.4 is 30.3 Å². The van der Waals surface area contributed by atoms with Crippen molar-refractivity contribution in [1.29, 1.82) is 0 Å². The maximum atomic E-state index is 13.0. The first-order valence-electron chi connectivity index (χ1n) is 11.2. The standard InChI is InChI=1S/C26H24BrFN4O6/c1-3-37-20-10-8-18(9-11-20)30-23(33)15-38-24-21(27)12-16(13-22(24)36-2)14-29-32-26(35)25(34)31-19-6-4-17(28)5-7-19/h4-14H,3,15H2,1-2H3,(H,30,33)(H,31,34)(H,32,35)/b29-14-. The zero-order valence-corrected chi connectivity index (χ0v) is 22.0. The lowest BCUT2D eigenvalue weighted by molar-refractivity contribution is -0.136. The lowest BCUT2D eigenvalue weighted by Crippen LogP contribution is -2.32. The molecule has 0 aliphatic heterocycles. The monoisotopic (exact) mass is 586 g/mol. The van der Waals surface area contributed by atoms with E-state index in [1.54, 1.807) is 36.4 Å². The molecule has 3 rings (SSSR count). The zero-order valence-electron chi connectivity index (χ0n) is 20.4. The van der Waals surface area contributed by atoms with Crippen molar-refractivity contribution in [2.45, 2.75) is 6.92 Å². The Morgan fingerprint density at radius 3 is 2.26 bits per heavy atom. The van der Waals surface area contributed by atoms with Crippen LogP contribution in [0.2, 0.25) is 0 Å². The highest BCUT2D eigenvalue weighted by Crippen LogP contribution is 2.36. The SMILES string of the molecule is CCOc1ccc(NC(=O)COc2c(Br)cc(/C=N\NC(=O)C(=O)Nc3ccc(F)cc3)cc2OC)cc1. The van der Waals surface area contributed by atoms with Crippen LogP contribution in [-0.2, 0) is 14.4 Å². The molecule has 3 aromatic carbocycles. The number of hydrogen-bond acceptors (Lipinski definition) is 7. The van der Waals surface area contributed by atoms with Gasteiger partial charge in [-0.05, 0) is 89.1 Å². The van der Waals surface area contributed by atoms with E-state index in [1.165, 1.54) is 25.5 Å². The van der Waals surface area contributed by atoms with Crippen LogP contribution in [0.3, 0.4) is 0 Å². The molecule has 0 aliphatic rings. The minimum absolute atomic E-state index is 0.257. The predicted molar refractivity (Wildman–Crippen MR) is 143 cm³/mol. The van der Waals surface area contributed by atoms with Gasteiger partial charge in [-0.3, -0.25) is 14.4 Å². The number of halogens is 2. The van der Waals surface area contributed by atoms with Crippen LogP contribution in [0.5, 0.6) is 17.2 Å².